The summed E-state index contributed by atoms with van der Waals surface area (Å²) in [4.78, 5) is 13.8. The number of nitriles is 1. The summed E-state index contributed by atoms with van der Waals surface area (Å²) in [5.41, 5.74) is -0.498. The topological polar surface area (TPSA) is 103 Å². The van der Waals surface area contributed by atoms with E-state index >= 15 is 0 Å². The molecule has 0 aromatic heterocycles. The molecular weight excluding hydrogens is 438 g/mol. The summed E-state index contributed by atoms with van der Waals surface area (Å²) in [6, 6.07) is 6.54. The Morgan fingerprint density at radius 3 is 2.33 bits per heavy atom. The zero-order valence-electron chi connectivity index (χ0n) is 15.6. The number of fused-ring (bicyclic) bond motifs is 1. The molecule has 0 radical (unpaired) electrons. The Labute approximate surface area is 181 Å². The average Bonchev–Trinajstić information content (AvgIpc) is 2.72. The first-order valence-corrected chi connectivity index (χ1v) is 9.33. The van der Waals surface area contributed by atoms with E-state index in [1.165, 1.54) is 19.2 Å². The Hall–Kier alpha value is -3.15. The third kappa shape index (κ3) is 4.22. The second kappa shape index (κ2) is 8.69. The number of phenolic OH excluding ortho intramolecular Hbond substituents is 1. The second-order valence-corrected chi connectivity index (χ2v) is 7.19. The van der Waals surface area contributed by atoms with Gasteiger partial charge >= 0.3 is 0 Å². The number of hydrogen-bond acceptors (Lipinski definition) is 6. The molecule has 2 N–H and O–H groups in total. The molecule has 2 aromatic rings. The van der Waals surface area contributed by atoms with Crippen LogP contribution < -0.4 is 9.47 Å². The number of likely N-dealkylation sites (N-methyl/N-ethyl adjacent to an activating group) is 1. The molecule has 0 atom stereocenters. The van der Waals surface area contributed by atoms with Gasteiger partial charge in [0.15, 0.2) is 22.8 Å². The lowest BCUT2D eigenvalue weighted by molar-refractivity contribution is -0.126. The number of amides is 1. The Morgan fingerprint density at radius 2 is 1.77 bits per heavy atom. The van der Waals surface area contributed by atoms with Crippen LogP contribution in [0.1, 0.15) is 11.1 Å². The Balaban J connectivity index is 1.89. The average molecular weight is 453 g/mol. The van der Waals surface area contributed by atoms with Gasteiger partial charge in [0, 0.05) is 30.8 Å². The minimum absolute atomic E-state index is 0.0355. The first-order valence-electron chi connectivity index (χ1n) is 8.58. The summed E-state index contributed by atoms with van der Waals surface area (Å²) in [6.45, 7) is 0.432. The van der Waals surface area contributed by atoms with Gasteiger partial charge in [-0.3, -0.25) is 4.79 Å². The molecule has 0 spiro atoms. The van der Waals surface area contributed by atoms with Crippen LogP contribution in [0.15, 0.2) is 29.8 Å². The Kier molecular flexibility index (Phi) is 6.25. The fourth-order valence-electron chi connectivity index (χ4n) is 2.79. The van der Waals surface area contributed by atoms with Crippen LogP contribution >= 0.6 is 23.2 Å². The minimum Gasteiger partial charge on any atom is -0.506 e. The van der Waals surface area contributed by atoms with E-state index in [4.69, 9.17) is 32.7 Å². The van der Waals surface area contributed by atoms with E-state index < -0.39 is 28.8 Å². The summed E-state index contributed by atoms with van der Waals surface area (Å²) < 4.78 is 25.1. The van der Waals surface area contributed by atoms with Crippen molar-refractivity contribution in [3.63, 3.8) is 0 Å². The number of nitrogens with zero attached hydrogens (tertiary/aromatic N) is 2. The smallest absolute Gasteiger partial charge is 0.268 e. The first-order chi connectivity index (χ1) is 14.2. The lowest BCUT2D eigenvalue weighted by Gasteiger charge is -2.22. The molecule has 0 unspecified atom stereocenters. The standard InChI is InChI=1S/C20H15Cl2FN2O5/c1-25(9-11-6-16-17(7-15(11)23)30-3-2-29-16)20(28)12(8-24)18(26)10-4-13(21)19(27)14(22)5-10/h4-7,26-27H,2-3,9H2,1H3/b18-12-. The predicted octanol–water partition coefficient (Wildman–Crippen LogP) is 4.06. The zero-order chi connectivity index (χ0) is 22.0. The van der Waals surface area contributed by atoms with Gasteiger partial charge < -0.3 is 24.6 Å². The van der Waals surface area contributed by atoms with Gasteiger partial charge in [0.2, 0.25) is 0 Å². The molecule has 1 aliphatic rings. The first kappa shape index (κ1) is 21.6. The van der Waals surface area contributed by atoms with Crippen LogP contribution in [-0.2, 0) is 11.3 Å². The van der Waals surface area contributed by atoms with Crippen LogP contribution in [-0.4, -0.2) is 41.3 Å². The fraction of sp³-hybridized carbons (Fsp3) is 0.200. The highest BCUT2D eigenvalue weighted by Gasteiger charge is 2.24. The Morgan fingerprint density at radius 1 is 1.20 bits per heavy atom. The number of aliphatic hydroxyl groups excluding tert-OH is 1. The van der Waals surface area contributed by atoms with Crippen molar-refractivity contribution in [1.29, 1.82) is 5.26 Å². The third-order valence-electron chi connectivity index (χ3n) is 4.32. The molecule has 7 nitrogen and oxygen atoms in total. The van der Waals surface area contributed by atoms with Crippen molar-refractivity contribution in [1.82, 2.24) is 4.90 Å². The molecule has 0 fully saturated rings. The van der Waals surface area contributed by atoms with Crippen LogP contribution in [0.3, 0.4) is 0 Å². The number of rotatable bonds is 4. The van der Waals surface area contributed by atoms with E-state index in [2.05, 4.69) is 0 Å². The quantitative estimate of drug-likeness (QED) is 0.411. The molecule has 30 heavy (non-hydrogen) atoms. The van der Waals surface area contributed by atoms with Crippen molar-refractivity contribution in [2.24, 2.45) is 0 Å². The molecule has 0 aliphatic carbocycles. The number of ether oxygens (including phenoxy) is 2. The van der Waals surface area contributed by atoms with Crippen LogP contribution in [0, 0.1) is 17.1 Å². The van der Waals surface area contributed by atoms with Gasteiger partial charge in [-0.2, -0.15) is 5.26 Å². The van der Waals surface area contributed by atoms with E-state index in [0.29, 0.717) is 19.0 Å². The van der Waals surface area contributed by atoms with Gasteiger partial charge in [-0.25, -0.2) is 4.39 Å². The molecule has 1 amide bonds. The minimum atomic E-state index is -0.857. The van der Waals surface area contributed by atoms with Gasteiger partial charge in [0.25, 0.3) is 5.91 Å². The SMILES string of the molecule is CN(Cc1cc2c(cc1F)OCCO2)C(=O)/C(C#N)=C(\O)c1cc(Cl)c(O)c(Cl)c1. The van der Waals surface area contributed by atoms with Gasteiger partial charge in [-0.15, -0.1) is 0 Å². The van der Waals surface area contributed by atoms with Crippen LogP contribution in [0.2, 0.25) is 10.0 Å². The number of carbonyl (C=O) groups excluding carboxylic acids is 1. The van der Waals surface area contributed by atoms with Crippen LogP contribution in [0.25, 0.3) is 5.76 Å². The van der Waals surface area contributed by atoms with Crippen molar-refractivity contribution in [3.8, 4) is 23.3 Å². The number of phenols is 1. The van der Waals surface area contributed by atoms with E-state index in [-0.39, 0.29) is 33.5 Å². The van der Waals surface area contributed by atoms with Crippen molar-refractivity contribution in [2.75, 3.05) is 20.3 Å². The highest BCUT2D eigenvalue weighted by atomic mass is 35.5. The maximum Gasteiger partial charge on any atom is 0.268 e. The van der Waals surface area contributed by atoms with Crippen LogP contribution in [0.4, 0.5) is 4.39 Å². The molecule has 0 saturated heterocycles. The van der Waals surface area contributed by atoms with E-state index in [1.807, 2.05) is 0 Å². The van der Waals surface area contributed by atoms with Crippen molar-refractivity contribution in [2.45, 2.75) is 6.54 Å². The largest absolute Gasteiger partial charge is 0.506 e. The highest BCUT2D eigenvalue weighted by molar-refractivity contribution is 6.37. The van der Waals surface area contributed by atoms with Crippen molar-refractivity contribution < 1.29 is 28.9 Å². The van der Waals surface area contributed by atoms with Gasteiger partial charge in [-0.05, 0) is 18.2 Å². The summed E-state index contributed by atoms with van der Waals surface area (Å²) in [6.07, 6.45) is 0. The molecule has 0 saturated carbocycles. The molecule has 156 valence electrons. The number of aliphatic hydroxyl groups is 1. The number of carbonyl (C=O) groups is 1. The van der Waals surface area contributed by atoms with Gasteiger partial charge in [-0.1, -0.05) is 23.2 Å². The molecule has 2 aromatic carbocycles. The maximum atomic E-state index is 14.4. The van der Waals surface area contributed by atoms with E-state index in [1.54, 1.807) is 6.07 Å². The summed E-state index contributed by atoms with van der Waals surface area (Å²) >= 11 is 11.7. The normalized spacial score (nSPS) is 13.3. The molecule has 3 rings (SSSR count). The summed E-state index contributed by atoms with van der Waals surface area (Å²) in [5.74, 6) is -1.92. The predicted molar refractivity (Wildman–Crippen MR) is 107 cm³/mol. The van der Waals surface area contributed by atoms with Gasteiger partial charge in [0.1, 0.15) is 30.9 Å². The zero-order valence-corrected chi connectivity index (χ0v) is 17.1. The maximum absolute atomic E-state index is 14.4. The fourth-order valence-corrected chi connectivity index (χ4v) is 3.28. The molecule has 1 aliphatic heterocycles. The number of benzene rings is 2. The molecule has 1 heterocycles. The molecule has 10 heteroatoms. The number of hydrogen-bond donors (Lipinski definition) is 2. The monoisotopic (exact) mass is 452 g/mol. The van der Waals surface area contributed by atoms with Crippen molar-refractivity contribution >= 4 is 34.9 Å². The van der Waals surface area contributed by atoms with Gasteiger partial charge in [0.05, 0.1) is 10.0 Å². The number of halogens is 3. The Bertz CT molecular complexity index is 1070. The third-order valence-corrected chi connectivity index (χ3v) is 4.89. The highest BCUT2D eigenvalue weighted by Crippen LogP contribution is 2.35. The summed E-state index contributed by atoms with van der Waals surface area (Å²) in [5, 5.41) is 29.1. The molecule has 0 bridgehead atoms. The molecular formula is C20H15Cl2FN2O5. The summed E-state index contributed by atoms with van der Waals surface area (Å²) in [7, 11) is 1.35. The lowest BCUT2D eigenvalue weighted by atomic mass is 10.1. The van der Waals surface area contributed by atoms with Crippen molar-refractivity contribution in [3.05, 3.63) is 56.8 Å². The van der Waals surface area contributed by atoms with Crippen LogP contribution in [0.5, 0.6) is 17.2 Å². The lowest BCUT2D eigenvalue weighted by Crippen LogP contribution is -2.28. The second-order valence-electron chi connectivity index (χ2n) is 6.37. The number of aromatic hydroxyl groups is 1. The van der Waals surface area contributed by atoms with E-state index in [9.17, 15) is 24.7 Å². The van der Waals surface area contributed by atoms with E-state index in [0.717, 1.165) is 17.0 Å².